The number of halogens is 1. The Labute approximate surface area is 229 Å². The van der Waals surface area contributed by atoms with Gasteiger partial charge in [-0.3, -0.25) is 14.5 Å². The van der Waals surface area contributed by atoms with Crippen molar-refractivity contribution in [3.63, 3.8) is 0 Å². The van der Waals surface area contributed by atoms with Crippen LogP contribution in [0.1, 0.15) is 42.2 Å². The summed E-state index contributed by atoms with van der Waals surface area (Å²) in [7, 11) is 0. The minimum absolute atomic E-state index is 0.00616. The van der Waals surface area contributed by atoms with Gasteiger partial charge in [0, 0.05) is 11.6 Å². The van der Waals surface area contributed by atoms with Crippen LogP contribution in [0.3, 0.4) is 0 Å². The number of aryl methyl sites for hydroxylation is 1. The van der Waals surface area contributed by atoms with Crippen molar-refractivity contribution in [3.8, 4) is 16.3 Å². The van der Waals surface area contributed by atoms with Crippen LogP contribution in [0, 0.1) is 12.7 Å². The largest absolute Gasteiger partial charge is 0.352 e. The van der Waals surface area contributed by atoms with E-state index in [1.807, 2.05) is 62.5 Å². The molecule has 0 saturated heterocycles. The van der Waals surface area contributed by atoms with Gasteiger partial charge in [-0.25, -0.2) is 9.07 Å². The molecule has 1 N–H and O–H groups in total. The second kappa shape index (κ2) is 11.1. The van der Waals surface area contributed by atoms with Gasteiger partial charge in [0.15, 0.2) is 0 Å². The zero-order valence-corrected chi connectivity index (χ0v) is 23.1. The van der Waals surface area contributed by atoms with E-state index < -0.39 is 0 Å². The zero-order valence-electron chi connectivity index (χ0n) is 21.5. The van der Waals surface area contributed by atoms with Gasteiger partial charge in [-0.2, -0.15) is 5.10 Å². The van der Waals surface area contributed by atoms with Gasteiger partial charge >= 0.3 is 0 Å². The van der Waals surface area contributed by atoms with Crippen molar-refractivity contribution in [2.75, 3.05) is 17.2 Å². The maximum atomic E-state index is 13.9. The lowest BCUT2D eigenvalue weighted by Crippen LogP contribution is -2.44. The first-order valence-electron chi connectivity index (χ1n) is 12.6. The number of para-hydroxylation sites is 1. The van der Waals surface area contributed by atoms with Gasteiger partial charge in [0.2, 0.25) is 11.8 Å². The lowest BCUT2D eigenvalue weighted by atomic mass is 10.0. The van der Waals surface area contributed by atoms with E-state index in [0.717, 1.165) is 39.4 Å². The van der Waals surface area contributed by atoms with Crippen LogP contribution in [-0.2, 0) is 9.59 Å². The lowest BCUT2D eigenvalue weighted by molar-refractivity contribution is -0.123. The van der Waals surface area contributed by atoms with E-state index in [-0.39, 0.29) is 41.2 Å². The number of nitrogens with one attached hydrogen (secondary N) is 1. The Hall–Kier alpha value is -3.43. The Morgan fingerprint density at radius 2 is 1.92 bits per heavy atom. The molecule has 0 fully saturated rings. The number of benzene rings is 2. The number of carbonyl (C=O) groups excluding carboxylic acids is 2. The van der Waals surface area contributed by atoms with Crippen molar-refractivity contribution >= 4 is 40.7 Å². The van der Waals surface area contributed by atoms with Crippen LogP contribution in [0.2, 0.25) is 0 Å². The van der Waals surface area contributed by atoms with Crippen LogP contribution in [0.15, 0.2) is 66.0 Å². The van der Waals surface area contributed by atoms with E-state index in [4.69, 9.17) is 5.10 Å². The predicted molar refractivity (Wildman–Crippen MR) is 153 cm³/mol. The van der Waals surface area contributed by atoms with Crippen molar-refractivity contribution in [1.82, 2.24) is 15.1 Å². The maximum Gasteiger partial charge on any atom is 0.240 e. The molecule has 9 heteroatoms. The average Bonchev–Trinajstić information content (AvgIpc) is 3.54. The van der Waals surface area contributed by atoms with Crippen molar-refractivity contribution < 1.29 is 14.0 Å². The minimum Gasteiger partial charge on any atom is -0.352 e. The van der Waals surface area contributed by atoms with E-state index in [1.165, 1.54) is 23.9 Å². The second-order valence-corrected chi connectivity index (χ2v) is 11.4. The SMILES string of the molecule is CC[C@@H](C)NC(=O)CN1C(=O)CS[C@H](c2ccc(F)cc2)c2c(-c3cccs3)nn(-c3ccccc3C)c21. The summed E-state index contributed by atoms with van der Waals surface area (Å²) >= 11 is 3.04. The van der Waals surface area contributed by atoms with E-state index in [2.05, 4.69) is 5.32 Å². The van der Waals surface area contributed by atoms with Crippen LogP contribution >= 0.6 is 23.1 Å². The molecule has 4 aromatic rings. The molecule has 2 aromatic carbocycles. The quantitative estimate of drug-likeness (QED) is 0.302. The number of hydrogen-bond acceptors (Lipinski definition) is 5. The summed E-state index contributed by atoms with van der Waals surface area (Å²) in [4.78, 5) is 29.3. The smallest absolute Gasteiger partial charge is 0.240 e. The number of amides is 2. The molecule has 5 rings (SSSR count). The summed E-state index contributed by atoms with van der Waals surface area (Å²) in [5.41, 5.74) is 4.29. The second-order valence-electron chi connectivity index (χ2n) is 9.36. The number of fused-ring (bicyclic) bond motifs is 1. The summed E-state index contributed by atoms with van der Waals surface area (Å²) in [6.45, 7) is 5.83. The molecule has 0 spiro atoms. The highest BCUT2D eigenvalue weighted by molar-refractivity contribution is 8.00. The number of anilines is 1. The fourth-order valence-electron chi connectivity index (χ4n) is 4.55. The molecule has 0 unspecified atom stereocenters. The summed E-state index contributed by atoms with van der Waals surface area (Å²) in [6, 6.07) is 18.2. The average molecular weight is 549 g/mol. The Balaban J connectivity index is 1.77. The van der Waals surface area contributed by atoms with Crippen LogP contribution in [0.4, 0.5) is 10.2 Å². The standard InChI is InChI=1S/C29H29FN4O2S2/c1-4-19(3)31-24(35)16-33-25(36)17-38-28(20-11-13-21(30)14-12-20)26-27(23-10-7-15-37-23)32-34(29(26)33)22-9-6-5-8-18(22)2/h5-15,19,28H,4,16-17H2,1-3H3,(H,31,35)/t19-,28-/m1/s1. The van der Waals surface area contributed by atoms with E-state index in [1.54, 1.807) is 33.1 Å². The molecule has 6 nitrogen and oxygen atoms in total. The Kier molecular flexibility index (Phi) is 7.67. The molecule has 3 heterocycles. The van der Waals surface area contributed by atoms with Crippen LogP contribution in [0.5, 0.6) is 0 Å². The highest BCUT2D eigenvalue weighted by atomic mass is 32.2. The van der Waals surface area contributed by atoms with Gasteiger partial charge in [0.1, 0.15) is 23.9 Å². The van der Waals surface area contributed by atoms with E-state index in [0.29, 0.717) is 5.82 Å². The summed E-state index contributed by atoms with van der Waals surface area (Å²) < 4.78 is 15.7. The predicted octanol–water partition coefficient (Wildman–Crippen LogP) is 6.13. The number of rotatable bonds is 7. The Morgan fingerprint density at radius 3 is 2.61 bits per heavy atom. The third-order valence-electron chi connectivity index (χ3n) is 6.68. The molecular formula is C29H29FN4O2S2. The van der Waals surface area contributed by atoms with Crippen LogP contribution < -0.4 is 10.2 Å². The molecule has 38 heavy (non-hydrogen) atoms. The highest BCUT2D eigenvalue weighted by Gasteiger charge is 2.38. The normalized spacial score (nSPS) is 16.2. The van der Waals surface area contributed by atoms with Crippen LogP contribution in [-0.4, -0.2) is 39.9 Å². The maximum absolute atomic E-state index is 13.9. The molecule has 2 amide bonds. The molecule has 0 radical (unpaired) electrons. The van der Waals surface area contributed by atoms with Crippen molar-refractivity contribution in [3.05, 3.63) is 88.6 Å². The Bertz CT molecular complexity index is 1450. The number of aromatic nitrogens is 2. The first-order valence-corrected chi connectivity index (χ1v) is 14.5. The Morgan fingerprint density at radius 1 is 1.16 bits per heavy atom. The molecule has 2 atom stereocenters. The van der Waals surface area contributed by atoms with Crippen molar-refractivity contribution in [1.29, 1.82) is 0 Å². The molecule has 0 aliphatic carbocycles. The van der Waals surface area contributed by atoms with Gasteiger partial charge in [0.05, 0.1) is 21.6 Å². The number of nitrogens with zero attached hydrogens (tertiary/aromatic N) is 3. The molecule has 1 aliphatic heterocycles. The third kappa shape index (κ3) is 5.13. The number of carbonyl (C=O) groups is 2. The fourth-order valence-corrected chi connectivity index (χ4v) is 6.47. The summed E-state index contributed by atoms with van der Waals surface area (Å²) in [5, 5.41) is 9.79. The number of hydrogen-bond donors (Lipinski definition) is 1. The van der Waals surface area contributed by atoms with E-state index >= 15 is 0 Å². The first-order chi connectivity index (χ1) is 18.4. The van der Waals surface area contributed by atoms with Gasteiger partial charge in [-0.05, 0) is 61.0 Å². The summed E-state index contributed by atoms with van der Waals surface area (Å²) in [5.74, 6) is 0.0319. The first kappa shape index (κ1) is 26.2. The molecule has 0 bridgehead atoms. The topological polar surface area (TPSA) is 67.2 Å². The summed E-state index contributed by atoms with van der Waals surface area (Å²) in [6.07, 6.45) is 0.789. The zero-order chi connectivity index (χ0) is 26.8. The fraction of sp³-hybridized carbons (Fsp3) is 0.276. The van der Waals surface area contributed by atoms with Crippen molar-refractivity contribution in [2.45, 2.75) is 38.5 Å². The van der Waals surface area contributed by atoms with Gasteiger partial charge in [-0.15, -0.1) is 23.1 Å². The molecule has 2 aromatic heterocycles. The molecular weight excluding hydrogens is 519 g/mol. The monoisotopic (exact) mass is 548 g/mol. The number of thioether (sulfide) groups is 1. The van der Waals surface area contributed by atoms with Gasteiger partial charge < -0.3 is 5.32 Å². The number of thiophene rings is 1. The third-order valence-corrected chi connectivity index (χ3v) is 8.81. The van der Waals surface area contributed by atoms with Gasteiger partial charge in [-0.1, -0.05) is 43.3 Å². The molecule has 1 aliphatic rings. The lowest BCUT2D eigenvalue weighted by Gasteiger charge is -2.24. The molecule has 196 valence electrons. The molecule has 0 saturated carbocycles. The van der Waals surface area contributed by atoms with E-state index in [9.17, 15) is 14.0 Å². The van der Waals surface area contributed by atoms with Gasteiger partial charge in [0.25, 0.3) is 0 Å². The minimum atomic E-state index is -0.318. The highest BCUT2D eigenvalue weighted by Crippen LogP contribution is 2.49. The van der Waals surface area contributed by atoms with Crippen molar-refractivity contribution in [2.24, 2.45) is 0 Å². The van der Waals surface area contributed by atoms with Crippen LogP contribution in [0.25, 0.3) is 16.3 Å².